The predicted molar refractivity (Wildman–Crippen MR) is 105 cm³/mol. The second-order valence-electron chi connectivity index (χ2n) is 6.35. The zero-order chi connectivity index (χ0) is 25.6. The summed E-state index contributed by atoms with van der Waals surface area (Å²) in [6, 6.07) is -5.98. The first-order valence-electron chi connectivity index (χ1n) is 9.04. The van der Waals surface area contributed by atoms with E-state index >= 15 is 0 Å². The van der Waals surface area contributed by atoms with Gasteiger partial charge >= 0.3 is 29.8 Å². The summed E-state index contributed by atoms with van der Waals surface area (Å²) in [4.78, 5) is 54.6. The minimum absolute atomic E-state index is 0.456. The molecule has 0 rings (SSSR count). The van der Waals surface area contributed by atoms with Gasteiger partial charge in [-0.15, -0.1) is 0 Å². The summed E-state index contributed by atoms with van der Waals surface area (Å²) in [6.45, 7) is 1.05. The second kappa shape index (κ2) is 16.0. The van der Waals surface area contributed by atoms with E-state index in [0.29, 0.717) is 0 Å². The number of esters is 4. The number of aliphatic hydroxyl groups is 2. The van der Waals surface area contributed by atoms with Crippen molar-refractivity contribution in [3.8, 4) is 0 Å². The van der Waals surface area contributed by atoms with E-state index < -0.39 is 86.0 Å². The van der Waals surface area contributed by atoms with Crippen molar-refractivity contribution in [3.63, 3.8) is 0 Å². The number of ether oxygens (including phenoxy) is 3. The van der Waals surface area contributed by atoms with Crippen LogP contribution in [0, 0.1) is 0 Å². The quantitative estimate of drug-likeness (QED) is 0.0793. The van der Waals surface area contributed by atoms with Crippen molar-refractivity contribution < 1.29 is 53.5 Å². The smallest absolute Gasteiger partial charge is 0.334 e. The summed E-state index contributed by atoms with van der Waals surface area (Å²) >= 11 is 0. The molecule has 32 heavy (non-hydrogen) atoms. The number of rotatable bonds is 11. The monoisotopic (exact) mass is 469 g/mol. The van der Waals surface area contributed by atoms with E-state index in [1.165, 1.54) is 13.8 Å². The molecule has 0 saturated carbocycles. The Morgan fingerprint density at radius 1 is 0.750 bits per heavy atom. The highest BCUT2D eigenvalue weighted by Gasteiger charge is 2.29. The largest absolute Gasteiger partial charge is 0.480 e. The van der Waals surface area contributed by atoms with Crippen LogP contribution < -0.4 is 28.7 Å². The summed E-state index contributed by atoms with van der Waals surface area (Å²) in [5.74, 6) is -5.08. The lowest BCUT2D eigenvalue weighted by atomic mass is 10.2. The molecule has 0 fully saturated rings. The number of carbonyl (C=O) groups excluding carboxylic acids is 4. The van der Waals surface area contributed by atoms with Gasteiger partial charge in [-0.05, 0) is 13.8 Å². The summed E-state index contributed by atoms with van der Waals surface area (Å²) in [6.07, 6.45) is -1.07. The number of carbonyl (C=O) groups is 5. The van der Waals surface area contributed by atoms with Crippen LogP contribution in [0.3, 0.4) is 0 Å². The van der Waals surface area contributed by atoms with Gasteiger partial charge in [0.2, 0.25) is 0 Å². The summed E-state index contributed by atoms with van der Waals surface area (Å²) in [7, 11) is 0. The molecule has 16 heteroatoms. The Morgan fingerprint density at radius 2 is 1.22 bits per heavy atom. The molecule has 0 heterocycles. The third-order valence-corrected chi connectivity index (χ3v) is 3.37. The van der Waals surface area contributed by atoms with Gasteiger partial charge in [0.25, 0.3) is 0 Å². The first-order chi connectivity index (χ1) is 14.7. The molecule has 0 aliphatic rings. The highest BCUT2D eigenvalue weighted by atomic mass is 16.6. The Hall–Kier alpha value is -2.73. The first-order valence-corrected chi connectivity index (χ1v) is 9.04. The van der Waals surface area contributed by atoms with Gasteiger partial charge in [-0.25, -0.2) is 9.59 Å². The molecule has 0 aromatic rings. The lowest BCUT2D eigenvalue weighted by molar-refractivity contribution is -0.165. The van der Waals surface area contributed by atoms with Crippen LogP contribution in [0.4, 0.5) is 0 Å². The zero-order valence-electron chi connectivity index (χ0n) is 17.6. The van der Waals surface area contributed by atoms with Crippen LogP contribution in [-0.2, 0) is 38.2 Å². The van der Waals surface area contributed by atoms with E-state index in [4.69, 9.17) is 48.7 Å². The van der Waals surface area contributed by atoms with Crippen molar-refractivity contribution in [3.05, 3.63) is 0 Å². The Labute approximate surface area is 182 Å². The van der Waals surface area contributed by atoms with Crippen LogP contribution >= 0.6 is 0 Å². The summed E-state index contributed by atoms with van der Waals surface area (Å²) in [5, 5.41) is 25.3. The maximum atomic E-state index is 11.4. The summed E-state index contributed by atoms with van der Waals surface area (Å²) in [5.41, 5.74) is 26.0. The third-order valence-electron chi connectivity index (χ3n) is 3.37. The molecular formula is C16H31N5O11. The Kier molecular flexibility index (Phi) is 15.7. The van der Waals surface area contributed by atoms with Crippen molar-refractivity contribution in [1.82, 2.24) is 0 Å². The minimum atomic E-state index is -1.36. The Bertz CT molecular complexity index is 646. The molecule has 13 N–H and O–H groups in total. The van der Waals surface area contributed by atoms with Crippen LogP contribution in [0.25, 0.3) is 0 Å². The number of carboxylic acid groups (broad SMARTS) is 1. The van der Waals surface area contributed by atoms with E-state index in [-0.39, 0.29) is 0 Å². The molecule has 0 amide bonds. The van der Waals surface area contributed by atoms with Gasteiger partial charge in [0.15, 0.2) is 0 Å². The fourth-order valence-corrected chi connectivity index (χ4v) is 1.29. The molecule has 0 aromatic heterocycles. The van der Waals surface area contributed by atoms with Crippen LogP contribution in [-0.4, -0.2) is 101 Å². The van der Waals surface area contributed by atoms with Crippen molar-refractivity contribution in [2.75, 3.05) is 19.8 Å². The van der Waals surface area contributed by atoms with E-state index in [1.807, 2.05) is 0 Å². The third kappa shape index (κ3) is 12.8. The van der Waals surface area contributed by atoms with Crippen LogP contribution in [0.15, 0.2) is 0 Å². The van der Waals surface area contributed by atoms with Crippen LogP contribution in [0.2, 0.25) is 0 Å². The number of hydrogen-bond acceptors (Lipinski definition) is 15. The average molecular weight is 469 g/mol. The molecule has 6 atom stereocenters. The minimum Gasteiger partial charge on any atom is -0.480 e. The average Bonchev–Trinajstić information content (AvgIpc) is 2.75. The summed E-state index contributed by atoms with van der Waals surface area (Å²) < 4.78 is 13.5. The molecule has 0 aromatic carbocycles. The van der Waals surface area contributed by atoms with Crippen molar-refractivity contribution >= 4 is 29.8 Å². The van der Waals surface area contributed by atoms with E-state index in [0.717, 1.165) is 0 Å². The lowest BCUT2D eigenvalue weighted by Gasteiger charge is -2.20. The van der Waals surface area contributed by atoms with Crippen LogP contribution in [0.5, 0.6) is 0 Å². The molecule has 0 aliphatic heterocycles. The lowest BCUT2D eigenvalue weighted by Crippen LogP contribution is -2.48. The van der Waals surface area contributed by atoms with Gasteiger partial charge in [-0.1, -0.05) is 0 Å². The normalized spacial score (nSPS) is 16.0. The highest BCUT2D eigenvalue weighted by molar-refractivity contribution is 5.91. The maximum Gasteiger partial charge on any atom is 0.334 e. The molecule has 0 unspecified atom stereocenters. The predicted octanol–water partition coefficient (Wildman–Crippen LogP) is -5.76. The molecule has 0 aliphatic carbocycles. The zero-order valence-corrected chi connectivity index (χ0v) is 17.6. The SMILES string of the molecule is C[C@H](N)C(=O)OC(=O)[C@@H](N)[C@@H](C)OC(=O)[C@@H](N)CO.N[C@@H](COC(=O)[C@@H](N)CO)C(=O)O. The highest BCUT2D eigenvalue weighted by Crippen LogP contribution is 2.02. The van der Waals surface area contributed by atoms with Gasteiger partial charge < -0.3 is 58.2 Å². The van der Waals surface area contributed by atoms with Gasteiger partial charge in [-0.2, -0.15) is 0 Å². The molecule has 0 saturated heterocycles. The number of hydrogen-bond donors (Lipinski definition) is 8. The van der Waals surface area contributed by atoms with Crippen molar-refractivity contribution in [2.45, 2.75) is 50.2 Å². The first kappa shape index (κ1) is 31.5. The Balaban J connectivity index is 0. The number of nitrogens with two attached hydrogens (primary N) is 5. The molecular weight excluding hydrogens is 438 g/mol. The fourth-order valence-electron chi connectivity index (χ4n) is 1.29. The Morgan fingerprint density at radius 3 is 1.62 bits per heavy atom. The second-order valence-corrected chi connectivity index (χ2v) is 6.35. The molecule has 0 bridgehead atoms. The van der Waals surface area contributed by atoms with E-state index in [2.05, 4.69) is 9.47 Å². The van der Waals surface area contributed by atoms with E-state index in [9.17, 15) is 24.0 Å². The number of aliphatic hydroxyl groups excluding tert-OH is 2. The topological polar surface area (TPSA) is 304 Å². The van der Waals surface area contributed by atoms with Gasteiger partial charge in [-0.3, -0.25) is 14.4 Å². The number of aliphatic carboxylic acids is 1. The molecule has 0 spiro atoms. The van der Waals surface area contributed by atoms with Crippen molar-refractivity contribution in [1.29, 1.82) is 0 Å². The van der Waals surface area contributed by atoms with Gasteiger partial charge in [0.1, 0.15) is 42.9 Å². The van der Waals surface area contributed by atoms with Gasteiger partial charge in [0.05, 0.1) is 13.2 Å². The number of carboxylic acids is 1. The fraction of sp³-hybridized carbons (Fsp3) is 0.688. The molecule has 0 radical (unpaired) electrons. The standard InChI is InChI=1S/C10H19N3O6.C6H12N2O5/c1-4(11)8(15)19-10(17)7(13)5(2)18-9(16)6(12)3-14;7-3(1-9)6(12)13-2-4(8)5(10)11/h4-7,14H,3,11-13H2,1-2H3;3-4,9H,1-2,7-8H2,(H,10,11)/t4-,5+,6-,7-;3-,4-/m00/s1. The van der Waals surface area contributed by atoms with Crippen molar-refractivity contribution in [2.24, 2.45) is 28.7 Å². The van der Waals surface area contributed by atoms with Crippen LogP contribution in [0.1, 0.15) is 13.8 Å². The van der Waals surface area contributed by atoms with Gasteiger partial charge in [0, 0.05) is 0 Å². The maximum absolute atomic E-state index is 11.4. The molecule has 186 valence electrons. The molecule has 16 nitrogen and oxygen atoms in total. The van der Waals surface area contributed by atoms with E-state index in [1.54, 1.807) is 0 Å².